The van der Waals surface area contributed by atoms with Crippen molar-refractivity contribution in [1.82, 2.24) is 14.9 Å². The maximum atomic E-state index is 4.60. The Balaban J connectivity index is 1.92. The van der Waals surface area contributed by atoms with E-state index in [1.54, 1.807) is 0 Å². The van der Waals surface area contributed by atoms with Gasteiger partial charge in [0.05, 0.1) is 0 Å². The molecule has 4 nitrogen and oxygen atoms in total. The number of aromatic nitrogens is 2. The third kappa shape index (κ3) is 3.90. The molecule has 1 aromatic rings. The van der Waals surface area contributed by atoms with Gasteiger partial charge in [0.25, 0.3) is 0 Å². The summed E-state index contributed by atoms with van der Waals surface area (Å²) in [7, 11) is 0. The lowest BCUT2D eigenvalue weighted by Crippen LogP contribution is -2.22. The molecule has 1 saturated heterocycles. The second kappa shape index (κ2) is 6.33. The molecule has 106 valence electrons. The van der Waals surface area contributed by atoms with Crippen molar-refractivity contribution >= 4 is 5.82 Å². The molecule has 1 unspecified atom stereocenters. The zero-order valence-corrected chi connectivity index (χ0v) is 12.6. The van der Waals surface area contributed by atoms with Crippen molar-refractivity contribution in [3.8, 4) is 0 Å². The van der Waals surface area contributed by atoms with Crippen molar-refractivity contribution in [2.75, 3.05) is 31.5 Å². The molecule has 1 fully saturated rings. The number of nitrogens with zero attached hydrogens (tertiary/aromatic N) is 3. The standard InChI is InChI=1S/C15H26N4/c1-5-19-7-6-13(10-19)9-16-14-8-12(4)17-15(18-14)11(2)3/h8,11,13H,5-7,9-10H2,1-4H3,(H,16,17,18). The molecule has 0 aromatic carbocycles. The van der Waals surface area contributed by atoms with E-state index in [1.165, 1.54) is 26.1 Å². The summed E-state index contributed by atoms with van der Waals surface area (Å²) in [6.07, 6.45) is 1.29. The molecule has 1 aromatic heterocycles. The van der Waals surface area contributed by atoms with Gasteiger partial charge in [-0.15, -0.1) is 0 Å². The lowest BCUT2D eigenvalue weighted by molar-refractivity contribution is 0.345. The van der Waals surface area contributed by atoms with Crippen LogP contribution in [0.5, 0.6) is 0 Å². The second-order valence-corrected chi connectivity index (χ2v) is 5.84. The van der Waals surface area contributed by atoms with Crippen LogP contribution in [0.25, 0.3) is 0 Å². The van der Waals surface area contributed by atoms with Crippen LogP contribution in [0.15, 0.2) is 6.07 Å². The molecule has 2 rings (SSSR count). The van der Waals surface area contributed by atoms with E-state index in [0.29, 0.717) is 5.92 Å². The smallest absolute Gasteiger partial charge is 0.133 e. The number of aryl methyl sites for hydroxylation is 1. The molecule has 0 spiro atoms. The van der Waals surface area contributed by atoms with Crippen LogP contribution in [0.1, 0.15) is 44.6 Å². The van der Waals surface area contributed by atoms with Crippen molar-refractivity contribution in [3.05, 3.63) is 17.6 Å². The third-order valence-corrected chi connectivity index (χ3v) is 3.78. The van der Waals surface area contributed by atoms with Gasteiger partial charge in [0.1, 0.15) is 11.6 Å². The van der Waals surface area contributed by atoms with Crippen molar-refractivity contribution in [3.63, 3.8) is 0 Å². The Hall–Kier alpha value is -1.16. The normalized spacial score (nSPS) is 20.2. The van der Waals surface area contributed by atoms with E-state index in [0.717, 1.165) is 29.8 Å². The summed E-state index contributed by atoms with van der Waals surface area (Å²) < 4.78 is 0. The summed E-state index contributed by atoms with van der Waals surface area (Å²) in [5.74, 6) is 3.04. The summed E-state index contributed by atoms with van der Waals surface area (Å²) in [4.78, 5) is 11.6. The quantitative estimate of drug-likeness (QED) is 0.885. The minimum Gasteiger partial charge on any atom is -0.370 e. The lowest BCUT2D eigenvalue weighted by Gasteiger charge is -2.15. The topological polar surface area (TPSA) is 41.0 Å². The first kappa shape index (κ1) is 14.3. The van der Waals surface area contributed by atoms with Gasteiger partial charge in [-0.05, 0) is 32.4 Å². The van der Waals surface area contributed by atoms with Crippen LogP contribution in [0.2, 0.25) is 0 Å². The molecule has 2 heterocycles. The van der Waals surface area contributed by atoms with E-state index in [2.05, 4.69) is 41.0 Å². The molecular weight excluding hydrogens is 236 g/mol. The Labute approximate surface area is 116 Å². The van der Waals surface area contributed by atoms with Gasteiger partial charge in [0.2, 0.25) is 0 Å². The fourth-order valence-corrected chi connectivity index (χ4v) is 2.56. The lowest BCUT2D eigenvalue weighted by atomic mass is 10.1. The van der Waals surface area contributed by atoms with Crippen LogP contribution in [-0.2, 0) is 0 Å². The first-order valence-corrected chi connectivity index (χ1v) is 7.40. The minimum absolute atomic E-state index is 0.377. The summed E-state index contributed by atoms with van der Waals surface area (Å²) in [5.41, 5.74) is 1.04. The predicted octanol–water partition coefficient (Wildman–Crippen LogP) is 2.66. The first-order chi connectivity index (χ1) is 9.08. The molecule has 1 atom stereocenters. The molecular formula is C15H26N4. The number of hydrogen-bond donors (Lipinski definition) is 1. The monoisotopic (exact) mass is 262 g/mol. The minimum atomic E-state index is 0.377. The highest BCUT2D eigenvalue weighted by molar-refractivity contribution is 5.36. The summed E-state index contributed by atoms with van der Waals surface area (Å²) >= 11 is 0. The molecule has 19 heavy (non-hydrogen) atoms. The SMILES string of the molecule is CCN1CCC(CNc2cc(C)nc(C(C)C)n2)C1. The molecule has 0 aliphatic carbocycles. The summed E-state index contributed by atoms with van der Waals surface area (Å²) in [5, 5.41) is 3.49. The van der Waals surface area contributed by atoms with E-state index in [9.17, 15) is 0 Å². The van der Waals surface area contributed by atoms with E-state index in [-0.39, 0.29) is 0 Å². The van der Waals surface area contributed by atoms with Gasteiger partial charge < -0.3 is 10.2 Å². The molecule has 0 amide bonds. The highest BCUT2D eigenvalue weighted by atomic mass is 15.1. The van der Waals surface area contributed by atoms with Crippen LogP contribution in [0.3, 0.4) is 0 Å². The second-order valence-electron chi connectivity index (χ2n) is 5.84. The summed E-state index contributed by atoms with van der Waals surface area (Å²) in [6, 6.07) is 2.04. The number of hydrogen-bond acceptors (Lipinski definition) is 4. The van der Waals surface area contributed by atoms with Crippen LogP contribution in [-0.4, -0.2) is 41.0 Å². The maximum absolute atomic E-state index is 4.60. The van der Waals surface area contributed by atoms with Crippen molar-refractivity contribution in [2.45, 2.75) is 40.0 Å². The number of likely N-dealkylation sites (tertiary alicyclic amines) is 1. The molecule has 4 heteroatoms. The van der Waals surface area contributed by atoms with Gasteiger partial charge in [-0.1, -0.05) is 20.8 Å². The van der Waals surface area contributed by atoms with Gasteiger partial charge in [-0.25, -0.2) is 9.97 Å². The van der Waals surface area contributed by atoms with Gasteiger partial charge in [0, 0.05) is 30.8 Å². The predicted molar refractivity (Wildman–Crippen MR) is 79.6 cm³/mol. The summed E-state index contributed by atoms with van der Waals surface area (Å²) in [6.45, 7) is 13.2. The first-order valence-electron chi connectivity index (χ1n) is 7.40. The zero-order chi connectivity index (χ0) is 13.8. The Kier molecular flexibility index (Phi) is 4.75. The van der Waals surface area contributed by atoms with Crippen LogP contribution >= 0.6 is 0 Å². The Morgan fingerprint density at radius 2 is 2.21 bits per heavy atom. The fourth-order valence-electron chi connectivity index (χ4n) is 2.56. The third-order valence-electron chi connectivity index (χ3n) is 3.78. The highest BCUT2D eigenvalue weighted by Gasteiger charge is 2.20. The van der Waals surface area contributed by atoms with E-state index >= 15 is 0 Å². The Morgan fingerprint density at radius 3 is 2.84 bits per heavy atom. The number of rotatable bonds is 5. The average molecular weight is 262 g/mol. The van der Waals surface area contributed by atoms with E-state index < -0.39 is 0 Å². The number of nitrogens with one attached hydrogen (secondary N) is 1. The van der Waals surface area contributed by atoms with Crippen LogP contribution in [0.4, 0.5) is 5.82 Å². The molecule has 1 aliphatic rings. The van der Waals surface area contributed by atoms with E-state index in [1.807, 2.05) is 13.0 Å². The van der Waals surface area contributed by atoms with Crippen LogP contribution in [0, 0.1) is 12.8 Å². The van der Waals surface area contributed by atoms with Crippen molar-refractivity contribution in [2.24, 2.45) is 5.92 Å². The zero-order valence-electron chi connectivity index (χ0n) is 12.6. The average Bonchev–Trinajstić information content (AvgIpc) is 2.83. The van der Waals surface area contributed by atoms with Gasteiger partial charge >= 0.3 is 0 Å². The highest BCUT2D eigenvalue weighted by Crippen LogP contribution is 2.18. The molecule has 0 radical (unpaired) electrons. The number of anilines is 1. The van der Waals surface area contributed by atoms with Crippen molar-refractivity contribution in [1.29, 1.82) is 0 Å². The fraction of sp³-hybridized carbons (Fsp3) is 0.733. The van der Waals surface area contributed by atoms with Gasteiger partial charge in [-0.3, -0.25) is 0 Å². The molecule has 0 bridgehead atoms. The molecule has 1 aliphatic heterocycles. The Bertz CT molecular complexity index is 417. The van der Waals surface area contributed by atoms with Gasteiger partial charge in [-0.2, -0.15) is 0 Å². The van der Waals surface area contributed by atoms with Gasteiger partial charge in [0.15, 0.2) is 0 Å². The molecule has 0 saturated carbocycles. The Morgan fingerprint density at radius 1 is 1.42 bits per heavy atom. The van der Waals surface area contributed by atoms with Crippen LogP contribution < -0.4 is 5.32 Å². The van der Waals surface area contributed by atoms with Crippen molar-refractivity contribution < 1.29 is 0 Å². The largest absolute Gasteiger partial charge is 0.370 e. The van der Waals surface area contributed by atoms with E-state index in [4.69, 9.17) is 0 Å². The molecule has 1 N–H and O–H groups in total. The maximum Gasteiger partial charge on any atom is 0.133 e.